The average Bonchev–Trinajstić information content (AvgIpc) is 2.63. The summed E-state index contributed by atoms with van der Waals surface area (Å²) in [7, 11) is 0. The van der Waals surface area contributed by atoms with Crippen molar-refractivity contribution in [1.29, 1.82) is 0 Å². The number of rotatable bonds is 5. The summed E-state index contributed by atoms with van der Waals surface area (Å²) in [6.07, 6.45) is 7.34. The van der Waals surface area contributed by atoms with Crippen molar-refractivity contribution < 1.29 is 9.18 Å². The molecule has 0 radical (unpaired) electrons. The highest BCUT2D eigenvalue weighted by Gasteiger charge is 2.25. The Bertz CT molecular complexity index is 672. The summed E-state index contributed by atoms with van der Waals surface area (Å²) >= 11 is 0. The fourth-order valence-electron chi connectivity index (χ4n) is 2.99. The first kappa shape index (κ1) is 16.4. The van der Waals surface area contributed by atoms with Crippen molar-refractivity contribution in [3.05, 3.63) is 54.2 Å². The maximum absolute atomic E-state index is 13.1. The van der Waals surface area contributed by atoms with Gasteiger partial charge in [0.25, 0.3) is 0 Å². The smallest absolute Gasteiger partial charge is 0.223 e. The van der Waals surface area contributed by atoms with Crippen LogP contribution in [0.3, 0.4) is 0 Å². The lowest BCUT2D eigenvalue weighted by Crippen LogP contribution is -2.41. The van der Waals surface area contributed by atoms with E-state index in [0.717, 1.165) is 37.3 Å². The number of anilines is 1. The second-order valence-electron chi connectivity index (χ2n) is 6.00. The number of carbonyl (C=O) groups excluding carboxylic acids is 1. The minimum atomic E-state index is -0.241. The Morgan fingerprint density at radius 2 is 2.12 bits per heavy atom. The van der Waals surface area contributed by atoms with Gasteiger partial charge in [0.15, 0.2) is 0 Å². The Morgan fingerprint density at radius 3 is 2.83 bits per heavy atom. The fourth-order valence-corrected chi connectivity index (χ4v) is 2.99. The molecule has 1 aliphatic rings. The number of nitrogens with one attached hydrogen (secondary N) is 1. The molecule has 126 valence electrons. The van der Waals surface area contributed by atoms with Crippen LogP contribution in [0.1, 0.15) is 18.4 Å². The van der Waals surface area contributed by atoms with Gasteiger partial charge in [-0.25, -0.2) is 9.37 Å². The molecule has 0 saturated carbocycles. The van der Waals surface area contributed by atoms with Crippen LogP contribution in [0.2, 0.25) is 0 Å². The Morgan fingerprint density at radius 1 is 1.29 bits per heavy atom. The summed E-state index contributed by atoms with van der Waals surface area (Å²) in [5, 5.41) is 2.97. The van der Waals surface area contributed by atoms with E-state index in [-0.39, 0.29) is 17.6 Å². The normalized spacial score (nSPS) is 15.3. The maximum Gasteiger partial charge on any atom is 0.223 e. The zero-order valence-electron chi connectivity index (χ0n) is 13.5. The highest BCUT2D eigenvalue weighted by atomic mass is 19.1. The van der Waals surface area contributed by atoms with Crippen LogP contribution in [-0.4, -0.2) is 35.5 Å². The minimum absolute atomic E-state index is 0.0328. The Labute approximate surface area is 140 Å². The summed E-state index contributed by atoms with van der Waals surface area (Å²) < 4.78 is 13.1. The zero-order valence-corrected chi connectivity index (χ0v) is 13.5. The molecule has 1 saturated heterocycles. The molecule has 0 spiro atoms. The average molecular weight is 328 g/mol. The molecule has 2 aromatic rings. The summed E-state index contributed by atoms with van der Waals surface area (Å²) in [4.78, 5) is 22.8. The lowest BCUT2D eigenvalue weighted by atomic mass is 9.96. The van der Waals surface area contributed by atoms with Gasteiger partial charge in [-0.15, -0.1) is 0 Å². The monoisotopic (exact) mass is 328 g/mol. The number of amides is 1. The van der Waals surface area contributed by atoms with E-state index in [9.17, 15) is 9.18 Å². The molecule has 1 fully saturated rings. The van der Waals surface area contributed by atoms with E-state index in [1.54, 1.807) is 24.7 Å². The van der Waals surface area contributed by atoms with Crippen molar-refractivity contribution in [3.8, 4) is 0 Å². The van der Waals surface area contributed by atoms with Gasteiger partial charge in [-0.2, -0.15) is 0 Å². The summed E-state index contributed by atoms with van der Waals surface area (Å²) in [5.74, 6) is 0.744. The molecule has 1 aliphatic heterocycles. The van der Waals surface area contributed by atoms with E-state index in [4.69, 9.17) is 0 Å². The van der Waals surface area contributed by atoms with Crippen molar-refractivity contribution in [1.82, 2.24) is 15.3 Å². The molecule has 6 heteroatoms. The van der Waals surface area contributed by atoms with Gasteiger partial charge < -0.3 is 10.2 Å². The van der Waals surface area contributed by atoms with Crippen LogP contribution in [0.4, 0.5) is 10.2 Å². The van der Waals surface area contributed by atoms with Crippen molar-refractivity contribution in [2.24, 2.45) is 5.92 Å². The standard InChI is InChI=1S/C18H21FN4O/c19-16-3-1-2-14(12-16)4-7-22-18(24)15-5-10-23(11-6-15)17-13-20-8-9-21-17/h1-3,8-9,12-13,15H,4-7,10-11H2,(H,22,24). The molecule has 1 aromatic heterocycles. The van der Waals surface area contributed by atoms with Crippen molar-refractivity contribution in [2.75, 3.05) is 24.5 Å². The Kier molecular flexibility index (Phi) is 5.36. The van der Waals surface area contributed by atoms with Crippen LogP contribution in [0.15, 0.2) is 42.9 Å². The van der Waals surface area contributed by atoms with E-state index in [1.165, 1.54) is 12.1 Å². The van der Waals surface area contributed by atoms with Crippen LogP contribution in [0.25, 0.3) is 0 Å². The number of hydrogen-bond donors (Lipinski definition) is 1. The third-order valence-electron chi connectivity index (χ3n) is 4.34. The Balaban J connectivity index is 1.42. The van der Waals surface area contributed by atoms with Crippen LogP contribution in [-0.2, 0) is 11.2 Å². The van der Waals surface area contributed by atoms with Gasteiger partial charge in [-0.3, -0.25) is 9.78 Å². The molecule has 0 bridgehead atoms. The highest BCUT2D eigenvalue weighted by molar-refractivity contribution is 5.78. The van der Waals surface area contributed by atoms with E-state index in [0.29, 0.717) is 13.0 Å². The highest BCUT2D eigenvalue weighted by Crippen LogP contribution is 2.21. The first-order valence-corrected chi connectivity index (χ1v) is 8.25. The predicted molar refractivity (Wildman–Crippen MR) is 90.1 cm³/mol. The van der Waals surface area contributed by atoms with Gasteiger partial charge in [-0.1, -0.05) is 12.1 Å². The van der Waals surface area contributed by atoms with Gasteiger partial charge in [0, 0.05) is 37.9 Å². The van der Waals surface area contributed by atoms with Gasteiger partial charge in [0.1, 0.15) is 11.6 Å². The predicted octanol–water partition coefficient (Wildman–Crippen LogP) is 2.19. The molecule has 2 heterocycles. The number of piperidine rings is 1. The van der Waals surface area contributed by atoms with Crippen LogP contribution in [0, 0.1) is 11.7 Å². The van der Waals surface area contributed by atoms with Crippen LogP contribution in [0.5, 0.6) is 0 Å². The number of halogens is 1. The molecule has 3 rings (SSSR count). The molecule has 1 amide bonds. The molecule has 1 aromatic carbocycles. The van der Waals surface area contributed by atoms with E-state index >= 15 is 0 Å². The topological polar surface area (TPSA) is 58.1 Å². The summed E-state index contributed by atoms with van der Waals surface area (Å²) in [6.45, 7) is 2.15. The molecule has 0 unspecified atom stereocenters. The zero-order chi connectivity index (χ0) is 16.8. The molecule has 0 atom stereocenters. The summed E-state index contributed by atoms with van der Waals surface area (Å²) in [5.41, 5.74) is 0.896. The number of carbonyl (C=O) groups is 1. The largest absolute Gasteiger partial charge is 0.356 e. The number of hydrogen-bond acceptors (Lipinski definition) is 4. The lowest BCUT2D eigenvalue weighted by Gasteiger charge is -2.31. The number of nitrogens with zero attached hydrogens (tertiary/aromatic N) is 3. The summed E-state index contributed by atoms with van der Waals surface area (Å²) in [6, 6.07) is 6.49. The molecule has 5 nitrogen and oxygen atoms in total. The number of aromatic nitrogens is 2. The molecule has 1 N–H and O–H groups in total. The van der Waals surface area contributed by atoms with Gasteiger partial charge >= 0.3 is 0 Å². The van der Waals surface area contributed by atoms with Gasteiger partial charge in [0.05, 0.1) is 6.20 Å². The second kappa shape index (κ2) is 7.86. The van der Waals surface area contributed by atoms with E-state index in [1.807, 2.05) is 6.07 Å². The Hall–Kier alpha value is -2.50. The SMILES string of the molecule is O=C(NCCc1cccc(F)c1)C1CCN(c2cnccn2)CC1. The third kappa shape index (κ3) is 4.28. The minimum Gasteiger partial charge on any atom is -0.356 e. The lowest BCUT2D eigenvalue weighted by molar-refractivity contribution is -0.125. The number of benzene rings is 1. The van der Waals surface area contributed by atoms with Crippen LogP contribution < -0.4 is 10.2 Å². The molecule has 24 heavy (non-hydrogen) atoms. The van der Waals surface area contributed by atoms with Crippen LogP contribution >= 0.6 is 0 Å². The molecular formula is C18H21FN4O. The quantitative estimate of drug-likeness (QED) is 0.914. The second-order valence-corrected chi connectivity index (χ2v) is 6.00. The van der Waals surface area contributed by atoms with Gasteiger partial charge in [-0.05, 0) is 37.0 Å². The van der Waals surface area contributed by atoms with Crippen molar-refractivity contribution >= 4 is 11.7 Å². The third-order valence-corrected chi connectivity index (χ3v) is 4.34. The van der Waals surface area contributed by atoms with Crippen molar-refractivity contribution in [3.63, 3.8) is 0 Å². The van der Waals surface area contributed by atoms with E-state index < -0.39 is 0 Å². The maximum atomic E-state index is 13.1. The van der Waals surface area contributed by atoms with Crippen molar-refractivity contribution in [2.45, 2.75) is 19.3 Å². The first-order chi connectivity index (χ1) is 11.7. The first-order valence-electron chi connectivity index (χ1n) is 8.25. The fraction of sp³-hybridized carbons (Fsp3) is 0.389. The van der Waals surface area contributed by atoms with Gasteiger partial charge in [0.2, 0.25) is 5.91 Å². The molecular weight excluding hydrogens is 307 g/mol. The van der Waals surface area contributed by atoms with E-state index in [2.05, 4.69) is 20.2 Å². The molecule has 0 aliphatic carbocycles.